The number of hydrogen-bond acceptors (Lipinski definition) is 5. The van der Waals surface area contributed by atoms with Crippen LogP contribution < -0.4 is 5.32 Å². The minimum Gasteiger partial charge on any atom is -0.465 e. The first-order valence-electron chi connectivity index (χ1n) is 9.77. The summed E-state index contributed by atoms with van der Waals surface area (Å²) in [6.45, 7) is 2.07. The van der Waals surface area contributed by atoms with Crippen molar-refractivity contribution < 1.29 is 14.3 Å². The molecule has 1 amide bonds. The van der Waals surface area contributed by atoms with Crippen molar-refractivity contribution in [3.63, 3.8) is 0 Å². The van der Waals surface area contributed by atoms with E-state index in [0.717, 1.165) is 42.8 Å². The largest absolute Gasteiger partial charge is 0.465 e. The molecule has 1 saturated heterocycles. The number of imidazole rings is 1. The normalized spacial score (nSPS) is 15.3. The number of benzene rings is 2. The van der Waals surface area contributed by atoms with E-state index in [9.17, 15) is 9.59 Å². The minimum absolute atomic E-state index is 0.0574. The summed E-state index contributed by atoms with van der Waals surface area (Å²) in [5.41, 5.74) is 3.20. The monoisotopic (exact) mass is 392 g/mol. The molecule has 0 aliphatic carbocycles. The Kier molecular flexibility index (Phi) is 5.57. The average Bonchev–Trinajstić information content (AvgIpc) is 3.18. The van der Waals surface area contributed by atoms with Crippen LogP contribution in [0.1, 0.15) is 34.9 Å². The van der Waals surface area contributed by atoms with E-state index in [4.69, 9.17) is 4.98 Å². The quantitative estimate of drug-likeness (QED) is 0.651. The molecule has 0 unspecified atom stereocenters. The van der Waals surface area contributed by atoms with Crippen LogP contribution in [0.25, 0.3) is 11.0 Å². The van der Waals surface area contributed by atoms with E-state index >= 15 is 0 Å². The molecule has 1 fully saturated rings. The molecule has 4 rings (SSSR count). The molecule has 2 aromatic carbocycles. The van der Waals surface area contributed by atoms with Gasteiger partial charge in [0.1, 0.15) is 5.82 Å². The van der Waals surface area contributed by atoms with Gasteiger partial charge >= 0.3 is 5.97 Å². The second-order valence-electron chi connectivity index (χ2n) is 7.31. The Labute approximate surface area is 169 Å². The van der Waals surface area contributed by atoms with Gasteiger partial charge in [0.2, 0.25) is 5.91 Å². The van der Waals surface area contributed by atoms with E-state index in [-0.39, 0.29) is 5.91 Å². The second kappa shape index (κ2) is 8.45. The highest BCUT2D eigenvalue weighted by Gasteiger charge is 2.24. The zero-order valence-electron chi connectivity index (χ0n) is 16.4. The molecule has 0 radical (unpaired) electrons. The van der Waals surface area contributed by atoms with Gasteiger partial charge in [-0.15, -0.1) is 0 Å². The highest BCUT2D eigenvalue weighted by atomic mass is 16.5. The number of piperidine rings is 1. The first-order valence-corrected chi connectivity index (χ1v) is 9.77. The smallest absolute Gasteiger partial charge is 0.337 e. The lowest BCUT2D eigenvalue weighted by atomic mass is 9.96. The van der Waals surface area contributed by atoms with Crippen molar-refractivity contribution in [1.29, 1.82) is 0 Å². The lowest BCUT2D eigenvalue weighted by molar-refractivity contribution is -0.117. The summed E-state index contributed by atoms with van der Waals surface area (Å²) in [7, 11) is 1.34. The maximum Gasteiger partial charge on any atom is 0.337 e. The van der Waals surface area contributed by atoms with Crippen LogP contribution in [0.15, 0.2) is 48.5 Å². The number of rotatable bonds is 5. The molecule has 1 aliphatic heterocycles. The summed E-state index contributed by atoms with van der Waals surface area (Å²) < 4.78 is 4.68. The van der Waals surface area contributed by atoms with Gasteiger partial charge in [-0.3, -0.25) is 9.69 Å². The Bertz CT molecular complexity index is 971. The molecule has 1 aliphatic rings. The highest BCUT2D eigenvalue weighted by molar-refractivity contribution is 5.94. The van der Waals surface area contributed by atoms with Crippen molar-refractivity contribution >= 4 is 28.6 Å². The summed E-state index contributed by atoms with van der Waals surface area (Å²) in [5, 5.41) is 2.88. The average molecular weight is 392 g/mol. The van der Waals surface area contributed by atoms with Gasteiger partial charge in [0.05, 0.1) is 30.3 Å². The molecular weight excluding hydrogens is 368 g/mol. The molecule has 0 saturated carbocycles. The number of likely N-dealkylation sites (tertiary alicyclic amines) is 1. The zero-order chi connectivity index (χ0) is 20.2. The Morgan fingerprint density at radius 1 is 1.14 bits per heavy atom. The van der Waals surface area contributed by atoms with Crippen LogP contribution in [0.5, 0.6) is 0 Å². The van der Waals surface area contributed by atoms with E-state index in [0.29, 0.717) is 23.7 Å². The molecule has 1 aromatic heterocycles. The number of para-hydroxylation sites is 2. The highest BCUT2D eigenvalue weighted by Crippen LogP contribution is 2.27. The van der Waals surface area contributed by atoms with E-state index in [1.807, 2.05) is 24.3 Å². The predicted octanol–water partition coefficient (Wildman–Crippen LogP) is 3.17. The van der Waals surface area contributed by atoms with Crippen molar-refractivity contribution in [3.8, 4) is 0 Å². The number of aromatic amines is 1. The Morgan fingerprint density at radius 2 is 1.86 bits per heavy atom. The maximum atomic E-state index is 12.4. The van der Waals surface area contributed by atoms with E-state index < -0.39 is 5.97 Å². The molecule has 3 aromatic rings. The van der Waals surface area contributed by atoms with Crippen LogP contribution in [-0.2, 0) is 9.53 Å². The lowest BCUT2D eigenvalue weighted by Crippen LogP contribution is -2.38. The topological polar surface area (TPSA) is 87.3 Å². The Balaban J connectivity index is 1.28. The number of methoxy groups -OCH3 is 1. The fourth-order valence-electron chi connectivity index (χ4n) is 3.74. The molecule has 150 valence electrons. The van der Waals surface area contributed by atoms with Gasteiger partial charge in [0, 0.05) is 11.6 Å². The number of ether oxygens (including phenoxy) is 1. The fraction of sp³-hybridized carbons (Fsp3) is 0.318. The summed E-state index contributed by atoms with van der Waals surface area (Å²) in [6.07, 6.45) is 1.95. The molecule has 7 heteroatoms. The van der Waals surface area contributed by atoms with Crippen LogP contribution in [0.4, 0.5) is 5.69 Å². The molecular formula is C22H24N4O3. The van der Waals surface area contributed by atoms with Crippen LogP contribution in [0.3, 0.4) is 0 Å². The van der Waals surface area contributed by atoms with Crippen LogP contribution in [0.2, 0.25) is 0 Å². The van der Waals surface area contributed by atoms with E-state index in [1.54, 1.807) is 24.3 Å². The second-order valence-corrected chi connectivity index (χ2v) is 7.31. The number of amides is 1. The number of esters is 1. The number of carbonyl (C=O) groups is 2. The number of H-pyrrole nitrogens is 1. The van der Waals surface area contributed by atoms with Crippen LogP contribution in [-0.4, -0.2) is 53.5 Å². The van der Waals surface area contributed by atoms with Gasteiger partial charge in [0.15, 0.2) is 0 Å². The molecule has 0 spiro atoms. The number of fused-ring (bicyclic) bond motifs is 1. The Morgan fingerprint density at radius 3 is 2.55 bits per heavy atom. The lowest BCUT2D eigenvalue weighted by Gasteiger charge is -2.30. The summed E-state index contributed by atoms with van der Waals surface area (Å²) in [4.78, 5) is 34.1. The molecule has 29 heavy (non-hydrogen) atoms. The van der Waals surface area contributed by atoms with Crippen molar-refractivity contribution in [1.82, 2.24) is 14.9 Å². The van der Waals surface area contributed by atoms with Crippen molar-refractivity contribution in [2.24, 2.45) is 0 Å². The Hall–Kier alpha value is -3.19. The number of hydrogen-bond donors (Lipinski definition) is 2. The maximum absolute atomic E-state index is 12.4. The van der Waals surface area contributed by atoms with Gasteiger partial charge < -0.3 is 15.0 Å². The molecule has 0 bridgehead atoms. The summed E-state index contributed by atoms with van der Waals surface area (Å²) in [5.74, 6) is 0.988. The molecule has 2 N–H and O–H groups in total. The van der Waals surface area contributed by atoms with Gasteiger partial charge in [-0.25, -0.2) is 9.78 Å². The van der Waals surface area contributed by atoms with Crippen LogP contribution in [0, 0.1) is 0 Å². The van der Waals surface area contributed by atoms with Gasteiger partial charge in [0.25, 0.3) is 0 Å². The number of carbonyl (C=O) groups excluding carboxylic acids is 2. The van der Waals surface area contributed by atoms with Crippen LogP contribution >= 0.6 is 0 Å². The van der Waals surface area contributed by atoms with Crippen molar-refractivity contribution in [2.75, 3.05) is 32.1 Å². The van der Waals surface area contributed by atoms with Gasteiger partial charge in [-0.1, -0.05) is 12.1 Å². The fourth-order valence-corrected chi connectivity index (χ4v) is 3.74. The third kappa shape index (κ3) is 4.46. The molecule has 0 atom stereocenters. The number of nitrogens with zero attached hydrogens (tertiary/aromatic N) is 2. The number of aromatic nitrogens is 2. The predicted molar refractivity (Wildman–Crippen MR) is 111 cm³/mol. The number of nitrogens with one attached hydrogen (secondary N) is 2. The third-order valence-corrected chi connectivity index (χ3v) is 5.34. The standard InChI is InChI=1S/C22H24N4O3/c1-29-22(28)16-6-8-17(9-7-16)23-20(27)14-26-12-10-15(11-13-26)21-24-18-4-2-3-5-19(18)25-21/h2-9,15H,10-14H2,1H3,(H,23,27)(H,24,25). The minimum atomic E-state index is -0.393. The van der Waals surface area contributed by atoms with E-state index in [1.165, 1.54) is 7.11 Å². The van der Waals surface area contributed by atoms with Gasteiger partial charge in [-0.05, 0) is 62.3 Å². The van der Waals surface area contributed by atoms with E-state index in [2.05, 4.69) is 19.9 Å². The van der Waals surface area contributed by atoms with Gasteiger partial charge in [-0.2, -0.15) is 0 Å². The van der Waals surface area contributed by atoms with Crippen molar-refractivity contribution in [3.05, 3.63) is 59.9 Å². The first-order chi connectivity index (χ1) is 14.1. The molecule has 7 nitrogen and oxygen atoms in total. The summed E-state index contributed by atoms with van der Waals surface area (Å²) >= 11 is 0. The van der Waals surface area contributed by atoms with Crippen molar-refractivity contribution in [2.45, 2.75) is 18.8 Å². The third-order valence-electron chi connectivity index (χ3n) is 5.34. The summed E-state index contributed by atoms with van der Waals surface area (Å²) in [6, 6.07) is 14.8. The zero-order valence-corrected chi connectivity index (χ0v) is 16.4. The SMILES string of the molecule is COC(=O)c1ccc(NC(=O)CN2CCC(c3nc4ccccc4[nH]3)CC2)cc1. The first kappa shape index (κ1) is 19.1. The number of anilines is 1. The molecule has 2 heterocycles.